The summed E-state index contributed by atoms with van der Waals surface area (Å²) in [7, 11) is 0. The van der Waals surface area contributed by atoms with E-state index in [0.717, 1.165) is 31.9 Å². The Balaban J connectivity index is 1.82. The molecule has 1 aromatic rings. The third-order valence-corrected chi connectivity index (χ3v) is 4.51. The summed E-state index contributed by atoms with van der Waals surface area (Å²) in [6.07, 6.45) is 2.55. The fourth-order valence-electron chi connectivity index (χ4n) is 2.70. The Morgan fingerprint density at radius 1 is 1.33 bits per heavy atom. The lowest BCUT2D eigenvalue weighted by Gasteiger charge is -2.35. The zero-order chi connectivity index (χ0) is 15.0. The molecular formula is C13H20N4O3S. The molecule has 1 aliphatic carbocycles. The van der Waals surface area contributed by atoms with E-state index in [2.05, 4.69) is 33.5 Å². The molecule has 0 amide bonds. The summed E-state index contributed by atoms with van der Waals surface area (Å²) in [6.45, 7) is 5.69. The Kier molecular flexibility index (Phi) is 4.08. The second kappa shape index (κ2) is 5.84. The second-order valence-electron chi connectivity index (χ2n) is 5.73. The maximum Gasteiger partial charge on any atom is 0.313 e. The summed E-state index contributed by atoms with van der Waals surface area (Å²) in [5.41, 5.74) is 0. The first-order chi connectivity index (χ1) is 10.0. The lowest BCUT2D eigenvalue weighted by atomic mass is 10.2. The van der Waals surface area contributed by atoms with Gasteiger partial charge in [0.05, 0.1) is 18.0 Å². The van der Waals surface area contributed by atoms with E-state index in [1.54, 1.807) is 0 Å². The number of morpholine rings is 1. The van der Waals surface area contributed by atoms with Gasteiger partial charge >= 0.3 is 5.97 Å². The normalized spacial score (nSPS) is 26.1. The SMILES string of the molecule is C[C@@H]1CN(c2nnc(SCC(=O)O)n2C2CC2)C[C@H](C)O1. The monoisotopic (exact) mass is 312 g/mol. The van der Waals surface area contributed by atoms with Crippen molar-refractivity contribution in [3.63, 3.8) is 0 Å². The number of anilines is 1. The standard InChI is InChI=1S/C13H20N4O3S/c1-8-5-16(6-9(2)20-8)12-14-15-13(21-7-11(18)19)17(12)10-3-4-10/h8-10H,3-7H2,1-2H3,(H,18,19)/t8-,9+. The van der Waals surface area contributed by atoms with E-state index in [4.69, 9.17) is 9.84 Å². The minimum absolute atomic E-state index is 0.0147. The maximum absolute atomic E-state index is 10.8. The second-order valence-corrected chi connectivity index (χ2v) is 6.67. The van der Waals surface area contributed by atoms with Gasteiger partial charge in [-0.3, -0.25) is 9.36 Å². The van der Waals surface area contributed by atoms with Gasteiger partial charge in [-0.25, -0.2) is 0 Å². The molecule has 2 heterocycles. The van der Waals surface area contributed by atoms with Gasteiger partial charge in [-0.1, -0.05) is 11.8 Å². The smallest absolute Gasteiger partial charge is 0.313 e. The minimum atomic E-state index is -0.833. The molecule has 116 valence electrons. The molecule has 0 aromatic carbocycles. The van der Waals surface area contributed by atoms with E-state index >= 15 is 0 Å². The molecule has 1 saturated heterocycles. The van der Waals surface area contributed by atoms with Crippen molar-refractivity contribution in [1.29, 1.82) is 0 Å². The third kappa shape index (κ3) is 3.32. The van der Waals surface area contributed by atoms with E-state index in [9.17, 15) is 4.79 Å². The Hall–Kier alpha value is -1.28. The molecule has 7 nitrogen and oxygen atoms in total. The van der Waals surface area contributed by atoms with Crippen LogP contribution in [-0.4, -0.2) is 56.9 Å². The Labute approximate surface area is 127 Å². The van der Waals surface area contributed by atoms with Crippen LogP contribution in [0.2, 0.25) is 0 Å². The van der Waals surface area contributed by atoms with Gasteiger partial charge in [0.25, 0.3) is 0 Å². The van der Waals surface area contributed by atoms with E-state index < -0.39 is 5.97 Å². The lowest BCUT2D eigenvalue weighted by Crippen LogP contribution is -2.46. The minimum Gasteiger partial charge on any atom is -0.481 e. The predicted molar refractivity (Wildman–Crippen MR) is 78.9 cm³/mol. The Bertz CT molecular complexity index is 521. The van der Waals surface area contributed by atoms with Gasteiger partial charge in [-0.2, -0.15) is 0 Å². The van der Waals surface area contributed by atoms with Gasteiger partial charge in [-0.15, -0.1) is 10.2 Å². The first kappa shape index (κ1) is 14.6. The van der Waals surface area contributed by atoms with Crippen molar-refractivity contribution < 1.29 is 14.6 Å². The fourth-order valence-corrected chi connectivity index (χ4v) is 3.42. The Morgan fingerprint density at radius 3 is 2.57 bits per heavy atom. The van der Waals surface area contributed by atoms with Crippen molar-refractivity contribution in [2.45, 2.75) is 50.1 Å². The topological polar surface area (TPSA) is 80.5 Å². The zero-order valence-corrected chi connectivity index (χ0v) is 13.0. The molecule has 1 aliphatic heterocycles. The van der Waals surface area contributed by atoms with Crippen molar-refractivity contribution in [1.82, 2.24) is 14.8 Å². The molecule has 2 aliphatic rings. The van der Waals surface area contributed by atoms with Crippen LogP contribution in [0.3, 0.4) is 0 Å². The van der Waals surface area contributed by atoms with Crippen molar-refractivity contribution >= 4 is 23.7 Å². The number of carboxylic acid groups (broad SMARTS) is 1. The number of rotatable bonds is 5. The van der Waals surface area contributed by atoms with E-state index in [1.807, 2.05) is 0 Å². The first-order valence-corrected chi connectivity index (χ1v) is 8.23. The molecule has 0 unspecified atom stereocenters. The molecule has 1 aromatic heterocycles. The molecular weight excluding hydrogens is 292 g/mol. The van der Waals surface area contributed by atoms with E-state index in [0.29, 0.717) is 11.2 Å². The van der Waals surface area contributed by atoms with Crippen molar-refractivity contribution in [2.75, 3.05) is 23.7 Å². The van der Waals surface area contributed by atoms with Crippen LogP contribution in [0, 0.1) is 0 Å². The highest BCUT2D eigenvalue weighted by Crippen LogP contribution is 2.41. The number of carbonyl (C=O) groups is 1. The van der Waals surface area contributed by atoms with Crippen LogP contribution in [0.25, 0.3) is 0 Å². The van der Waals surface area contributed by atoms with Gasteiger partial charge in [0, 0.05) is 19.1 Å². The molecule has 21 heavy (non-hydrogen) atoms. The summed E-state index contributed by atoms with van der Waals surface area (Å²) in [5, 5.41) is 18.1. The molecule has 0 radical (unpaired) electrons. The van der Waals surface area contributed by atoms with Crippen molar-refractivity contribution in [3.05, 3.63) is 0 Å². The van der Waals surface area contributed by atoms with Crippen molar-refractivity contribution in [3.8, 4) is 0 Å². The number of nitrogens with zero attached hydrogens (tertiary/aromatic N) is 4. The molecule has 0 bridgehead atoms. The van der Waals surface area contributed by atoms with Crippen molar-refractivity contribution in [2.24, 2.45) is 0 Å². The van der Waals surface area contributed by atoms with Crippen LogP contribution in [-0.2, 0) is 9.53 Å². The van der Waals surface area contributed by atoms with E-state index in [1.165, 1.54) is 11.8 Å². The number of hydrogen-bond donors (Lipinski definition) is 1. The Morgan fingerprint density at radius 2 is 2.00 bits per heavy atom. The number of aromatic nitrogens is 3. The van der Waals surface area contributed by atoms with Gasteiger partial charge in [0.15, 0.2) is 5.16 Å². The average Bonchev–Trinajstić information content (AvgIpc) is 3.15. The first-order valence-electron chi connectivity index (χ1n) is 7.24. The quantitative estimate of drug-likeness (QED) is 0.823. The highest BCUT2D eigenvalue weighted by Gasteiger charge is 2.34. The number of carboxylic acids is 1. The molecule has 1 saturated carbocycles. The maximum atomic E-state index is 10.8. The predicted octanol–water partition coefficient (Wildman–Crippen LogP) is 1.40. The summed E-state index contributed by atoms with van der Waals surface area (Å²) >= 11 is 1.24. The average molecular weight is 312 g/mol. The summed E-state index contributed by atoms with van der Waals surface area (Å²) in [6, 6.07) is 0.416. The largest absolute Gasteiger partial charge is 0.481 e. The van der Waals surface area contributed by atoms with Crippen LogP contribution in [0.15, 0.2) is 5.16 Å². The summed E-state index contributed by atoms with van der Waals surface area (Å²) < 4.78 is 7.87. The fraction of sp³-hybridized carbons (Fsp3) is 0.769. The number of aliphatic carboxylic acids is 1. The molecule has 3 rings (SSSR count). The van der Waals surface area contributed by atoms with Crippen LogP contribution >= 0.6 is 11.8 Å². The highest BCUT2D eigenvalue weighted by molar-refractivity contribution is 7.99. The third-order valence-electron chi connectivity index (χ3n) is 3.59. The summed E-state index contributed by atoms with van der Waals surface area (Å²) in [4.78, 5) is 13.0. The summed E-state index contributed by atoms with van der Waals surface area (Å²) in [5.74, 6) is 0.0359. The number of thioether (sulfide) groups is 1. The van der Waals surface area contributed by atoms with Crippen LogP contribution in [0.4, 0.5) is 5.95 Å². The molecule has 8 heteroatoms. The molecule has 1 N–H and O–H groups in total. The van der Waals surface area contributed by atoms with E-state index in [-0.39, 0.29) is 18.0 Å². The molecule has 2 fully saturated rings. The molecule has 2 atom stereocenters. The number of hydrogen-bond acceptors (Lipinski definition) is 6. The molecule has 0 spiro atoms. The van der Waals surface area contributed by atoms with Gasteiger partial charge < -0.3 is 14.7 Å². The zero-order valence-electron chi connectivity index (χ0n) is 12.2. The van der Waals surface area contributed by atoms with Gasteiger partial charge in [0.2, 0.25) is 5.95 Å². The van der Waals surface area contributed by atoms with Crippen LogP contribution in [0.1, 0.15) is 32.7 Å². The highest BCUT2D eigenvalue weighted by atomic mass is 32.2. The van der Waals surface area contributed by atoms with Crippen LogP contribution < -0.4 is 4.90 Å². The lowest BCUT2D eigenvalue weighted by molar-refractivity contribution is -0.133. The van der Waals surface area contributed by atoms with Gasteiger partial charge in [-0.05, 0) is 26.7 Å². The number of ether oxygens (including phenoxy) is 1. The van der Waals surface area contributed by atoms with Crippen LogP contribution in [0.5, 0.6) is 0 Å². The van der Waals surface area contributed by atoms with Gasteiger partial charge in [0.1, 0.15) is 0 Å².